The van der Waals surface area contributed by atoms with E-state index in [0.717, 1.165) is 46.6 Å². The highest BCUT2D eigenvalue weighted by molar-refractivity contribution is 9.10. The molecule has 138 valence electrons. The van der Waals surface area contributed by atoms with Gasteiger partial charge in [0.2, 0.25) is 5.91 Å². The summed E-state index contributed by atoms with van der Waals surface area (Å²) in [5.41, 5.74) is 1.85. The van der Waals surface area contributed by atoms with Crippen LogP contribution in [0.5, 0.6) is 11.5 Å². The lowest BCUT2D eigenvalue weighted by Gasteiger charge is -2.26. The zero-order valence-corrected chi connectivity index (χ0v) is 16.6. The molecular formula is C20H23BrN2O3. The third-order valence-corrected chi connectivity index (χ3v) is 5.35. The van der Waals surface area contributed by atoms with Gasteiger partial charge >= 0.3 is 0 Å². The van der Waals surface area contributed by atoms with Crippen LogP contribution in [0.15, 0.2) is 46.9 Å². The Hall–Kier alpha value is -2.05. The second-order valence-corrected chi connectivity index (χ2v) is 7.12. The second-order valence-electron chi connectivity index (χ2n) is 6.26. The molecule has 0 radical (unpaired) electrons. The summed E-state index contributed by atoms with van der Waals surface area (Å²) in [4.78, 5) is 14.7. The molecule has 1 N–H and O–H groups in total. The van der Waals surface area contributed by atoms with E-state index in [1.807, 2.05) is 42.5 Å². The minimum absolute atomic E-state index is 0.0225. The van der Waals surface area contributed by atoms with Crippen molar-refractivity contribution >= 4 is 27.5 Å². The molecule has 1 amide bonds. The van der Waals surface area contributed by atoms with Crippen molar-refractivity contribution in [3.63, 3.8) is 0 Å². The molecule has 1 heterocycles. The fourth-order valence-corrected chi connectivity index (χ4v) is 3.79. The Labute approximate surface area is 162 Å². The van der Waals surface area contributed by atoms with Gasteiger partial charge in [0.1, 0.15) is 11.5 Å². The summed E-state index contributed by atoms with van der Waals surface area (Å²) in [6, 6.07) is 13.6. The number of halogens is 1. The fourth-order valence-electron chi connectivity index (χ4n) is 3.40. The first-order chi connectivity index (χ1) is 12.6. The number of nitrogens with one attached hydrogen (secondary N) is 1. The highest BCUT2D eigenvalue weighted by Crippen LogP contribution is 2.38. The number of carbonyl (C=O) groups excluding carboxylic acids is 1. The molecule has 1 atom stereocenters. The third-order valence-electron chi connectivity index (χ3n) is 4.65. The summed E-state index contributed by atoms with van der Waals surface area (Å²) < 4.78 is 11.8. The van der Waals surface area contributed by atoms with Gasteiger partial charge in [-0.05, 0) is 65.6 Å². The van der Waals surface area contributed by atoms with Crippen LogP contribution in [0.25, 0.3) is 0 Å². The Morgan fingerprint density at radius 3 is 2.77 bits per heavy atom. The Kier molecular flexibility index (Phi) is 6.16. The number of amides is 1. The average molecular weight is 419 g/mol. The van der Waals surface area contributed by atoms with Crippen molar-refractivity contribution in [2.75, 3.05) is 32.6 Å². The van der Waals surface area contributed by atoms with Crippen molar-refractivity contribution in [2.45, 2.75) is 18.9 Å². The molecule has 0 aliphatic carbocycles. The van der Waals surface area contributed by atoms with Gasteiger partial charge in [0.05, 0.1) is 26.5 Å². The predicted molar refractivity (Wildman–Crippen MR) is 106 cm³/mol. The largest absolute Gasteiger partial charge is 0.497 e. The molecule has 5 nitrogen and oxygen atoms in total. The number of rotatable bonds is 6. The van der Waals surface area contributed by atoms with Crippen molar-refractivity contribution in [2.24, 2.45) is 0 Å². The molecule has 2 aromatic rings. The molecule has 1 aliphatic rings. The third kappa shape index (κ3) is 4.19. The van der Waals surface area contributed by atoms with Crippen LogP contribution in [0, 0.1) is 0 Å². The summed E-state index contributed by atoms with van der Waals surface area (Å²) in [7, 11) is 3.33. The number of nitrogens with zero attached hydrogens (tertiary/aromatic N) is 1. The van der Waals surface area contributed by atoms with Gasteiger partial charge in [-0.3, -0.25) is 9.69 Å². The maximum atomic E-state index is 12.5. The number of benzene rings is 2. The van der Waals surface area contributed by atoms with Gasteiger partial charge in [-0.2, -0.15) is 0 Å². The highest BCUT2D eigenvalue weighted by Gasteiger charge is 2.30. The van der Waals surface area contributed by atoms with E-state index >= 15 is 0 Å². The Morgan fingerprint density at radius 1 is 1.23 bits per heavy atom. The smallest absolute Gasteiger partial charge is 0.238 e. The molecule has 0 bridgehead atoms. The number of ether oxygens (including phenoxy) is 2. The van der Waals surface area contributed by atoms with Crippen LogP contribution in [0.4, 0.5) is 5.69 Å². The van der Waals surface area contributed by atoms with Crippen LogP contribution in [0.2, 0.25) is 0 Å². The van der Waals surface area contributed by atoms with E-state index < -0.39 is 0 Å². The summed E-state index contributed by atoms with van der Waals surface area (Å²) in [5.74, 6) is 1.60. The molecule has 0 unspecified atom stereocenters. The quantitative estimate of drug-likeness (QED) is 0.761. The molecule has 26 heavy (non-hydrogen) atoms. The minimum atomic E-state index is -0.0225. The maximum Gasteiger partial charge on any atom is 0.238 e. The molecule has 3 rings (SSSR count). The van der Waals surface area contributed by atoms with Crippen LogP contribution in [0.3, 0.4) is 0 Å². The van der Waals surface area contributed by atoms with E-state index in [4.69, 9.17) is 9.47 Å². The minimum Gasteiger partial charge on any atom is -0.497 e. The molecule has 1 aliphatic heterocycles. The maximum absolute atomic E-state index is 12.5. The zero-order valence-electron chi connectivity index (χ0n) is 15.0. The van der Waals surface area contributed by atoms with Crippen LogP contribution >= 0.6 is 15.9 Å². The monoisotopic (exact) mass is 418 g/mol. The number of para-hydroxylation sites is 1. The van der Waals surface area contributed by atoms with Gasteiger partial charge in [-0.25, -0.2) is 0 Å². The van der Waals surface area contributed by atoms with Crippen LogP contribution in [-0.2, 0) is 4.79 Å². The average Bonchev–Trinajstić information content (AvgIpc) is 3.10. The molecule has 1 fully saturated rings. The highest BCUT2D eigenvalue weighted by atomic mass is 79.9. The van der Waals surface area contributed by atoms with Gasteiger partial charge in [0.25, 0.3) is 0 Å². The predicted octanol–water partition coefficient (Wildman–Crippen LogP) is 4.24. The van der Waals surface area contributed by atoms with E-state index in [1.165, 1.54) is 0 Å². The lowest BCUT2D eigenvalue weighted by molar-refractivity contribution is -0.117. The van der Waals surface area contributed by atoms with Gasteiger partial charge < -0.3 is 14.8 Å². The number of anilines is 1. The number of hydrogen-bond acceptors (Lipinski definition) is 4. The van der Waals surface area contributed by atoms with Crippen molar-refractivity contribution in [1.29, 1.82) is 0 Å². The van der Waals surface area contributed by atoms with Gasteiger partial charge in [-0.1, -0.05) is 12.1 Å². The summed E-state index contributed by atoms with van der Waals surface area (Å²) in [6.45, 7) is 1.22. The van der Waals surface area contributed by atoms with Gasteiger partial charge in [0.15, 0.2) is 0 Å². The summed E-state index contributed by atoms with van der Waals surface area (Å²) >= 11 is 3.46. The van der Waals surface area contributed by atoms with Gasteiger partial charge in [0, 0.05) is 16.1 Å². The number of hydrogen-bond donors (Lipinski definition) is 1. The standard InChI is InChI=1S/C20H23BrN2O3/c1-25-14-9-10-19(26-2)15(12-14)18-8-5-11-23(18)13-20(24)22-17-7-4-3-6-16(17)21/h3-4,6-7,9-10,12,18H,5,8,11,13H2,1-2H3,(H,22,24)/t18-/m1/s1. The van der Waals surface area contributed by atoms with Crippen LogP contribution < -0.4 is 14.8 Å². The summed E-state index contributed by atoms with van der Waals surface area (Å²) in [5, 5.41) is 2.98. The Bertz CT molecular complexity index is 781. The molecule has 0 aromatic heterocycles. The Morgan fingerprint density at radius 2 is 2.04 bits per heavy atom. The lowest BCUT2D eigenvalue weighted by atomic mass is 10.0. The van der Waals surface area contributed by atoms with E-state index in [1.54, 1.807) is 14.2 Å². The van der Waals surface area contributed by atoms with E-state index in [9.17, 15) is 4.79 Å². The van der Waals surface area contributed by atoms with Crippen molar-refractivity contribution < 1.29 is 14.3 Å². The molecule has 0 saturated carbocycles. The molecule has 1 saturated heterocycles. The van der Waals surface area contributed by atoms with E-state index in [-0.39, 0.29) is 11.9 Å². The summed E-state index contributed by atoms with van der Waals surface area (Å²) in [6.07, 6.45) is 2.04. The first-order valence-corrected chi connectivity index (χ1v) is 9.42. The Balaban J connectivity index is 1.74. The lowest BCUT2D eigenvalue weighted by Crippen LogP contribution is -2.33. The van der Waals surface area contributed by atoms with Crippen LogP contribution in [-0.4, -0.2) is 38.1 Å². The van der Waals surface area contributed by atoms with E-state index in [0.29, 0.717) is 6.54 Å². The SMILES string of the molecule is COc1ccc(OC)c([C@H]2CCCN2CC(=O)Nc2ccccc2Br)c1. The number of carbonyl (C=O) groups is 1. The molecule has 6 heteroatoms. The van der Waals surface area contributed by atoms with E-state index in [2.05, 4.69) is 26.1 Å². The van der Waals surface area contributed by atoms with Crippen LogP contribution in [0.1, 0.15) is 24.4 Å². The fraction of sp³-hybridized carbons (Fsp3) is 0.350. The normalized spacial score (nSPS) is 17.1. The number of methoxy groups -OCH3 is 2. The van der Waals surface area contributed by atoms with Gasteiger partial charge in [-0.15, -0.1) is 0 Å². The zero-order chi connectivity index (χ0) is 18.5. The van der Waals surface area contributed by atoms with Crippen molar-refractivity contribution in [1.82, 2.24) is 4.90 Å². The van der Waals surface area contributed by atoms with Crippen molar-refractivity contribution in [3.05, 3.63) is 52.5 Å². The molecular weight excluding hydrogens is 396 g/mol. The van der Waals surface area contributed by atoms with Crippen molar-refractivity contribution in [3.8, 4) is 11.5 Å². The topological polar surface area (TPSA) is 50.8 Å². The first kappa shape index (κ1) is 18.7. The first-order valence-electron chi connectivity index (χ1n) is 8.62. The molecule has 2 aromatic carbocycles. The molecule has 0 spiro atoms. The second kappa shape index (κ2) is 8.56. The number of likely N-dealkylation sites (tertiary alicyclic amines) is 1.